The van der Waals surface area contributed by atoms with Crippen LogP contribution in [-0.4, -0.2) is 44.4 Å². The van der Waals surface area contributed by atoms with Gasteiger partial charge in [0, 0.05) is 0 Å². The van der Waals surface area contributed by atoms with Gasteiger partial charge in [0.1, 0.15) is 35.6 Å². The van der Waals surface area contributed by atoms with Crippen molar-refractivity contribution in [3.05, 3.63) is 0 Å². The van der Waals surface area contributed by atoms with E-state index in [1.807, 2.05) is 0 Å². The molecule has 0 aromatic carbocycles. The minimum Gasteiger partial charge on any atom is -0.202 e. The lowest BCUT2D eigenvalue weighted by Crippen LogP contribution is -2.72. The van der Waals surface area contributed by atoms with Crippen LogP contribution in [0.2, 0.25) is 0 Å². The molecule has 0 atom stereocenters. The normalized spacial score (nSPS) is 17.3. The van der Waals surface area contributed by atoms with Crippen molar-refractivity contribution in [2.75, 3.05) is 0 Å². The van der Waals surface area contributed by atoms with Crippen molar-refractivity contribution in [3.8, 4) is 0 Å². The van der Waals surface area contributed by atoms with Gasteiger partial charge in [0.05, 0.1) is 0 Å². The van der Waals surface area contributed by atoms with Crippen LogP contribution in [0.1, 0.15) is 0 Å². The second kappa shape index (κ2) is 18.5. The summed E-state index contributed by atoms with van der Waals surface area (Å²) in [6.45, 7) is 0. The Balaban J connectivity index is 7.52. The van der Waals surface area contributed by atoms with Gasteiger partial charge in [-0.1, -0.05) is 430 Å². The molecule has 0 bridgehead atoms. The Morgan fingerprint density at radius 3 is 0.409 bits per heavy atom. The van der Waals surface area contributed by atoms with Gasteiger partial charge in [-0.05, 0) is 31.9 Å². The Morgan fingerprint density at radius 1 is 0.182 bits per heavy atom. The maximum atomic E-state index is 13.2. The summed E-state index contributed by atoms with van der Waals surface area (Å²) in [6.07, 6.45) is 0. The molecule has 0 aliphatic heterocycles. The average Bonchev–Trinajstić information content (AvgIpc) is 2.75. The van der Waals surface area contributed by atoms with Gasteiger partial charge in [-0.3, -0.25) is 0 Å². The Morgan fingerprint density at radius 2 is 0.295 bits per heavy atom. The fourth-order valence-corrected chi connectivity index (χ4v) is 30.2. The molecule has 0 spiro atoms. The van der Waals surface area contributed by atoms with Crippen molar-refractivity contribution >= 4 is 462 Å². The molecular formula is C14Br29O. The Kier molecular flexibility index (Phi) is 24.4. The second-order valence-corrected chi connectivity index (χ2v) is 59.3. The van der Waals surface area contributed by atoms with Gasteiger partial charge in [-0.2, -0.15) is 0 Å². The third kappa shape index (κ3) is 9.83. The van der Waals surface area contributed by atoms with E-state index in [0.717, 1.165) is 0 Å². The lowest BCUT2D eigenvalue weighted by molar-refractivity contribution is 0.137. The maximum Gasteiger partial charge on any atom is 0.239 e. The number of halogens is 29. The first-order chi connectivity index (χ1) is 18.2. The fourth-order valence-electron chi connectivity index (χ4n) is 2.33. The molecule has 0 fully saturated rings. The van der Waals surface area contributed by atoms with Crippen LogP contribution in [0.3, 0.4) is 0 Å². The van der Waals surface area contributed by atoms with Gasteiger partial charge in [-0.25, -0.2) is 5.11 Å². The highest BCUT2D eigenvalue weighted by Crippen LogP contribution is 2.82. The van der Waals surface area contributed by atoms with Gasteiger partial charge < -0.3 is 0 Å². The molecule has 1 radical (unpaired) electrons. The van der Waals surface area contributed by atoms with E-state index in [-0.39, 0.29) is 0 Å². The number of hydrogen-bond acceptors (Lipinski definition) is 0. The lowest BCUT2D eigenvalue weighted by atomic mass is 10.0. The quantitative estimate of drug-likeness (QED) is 0.174. The summed E-state index contributed by atoms with van der Waals surface area (Å²) in [5, 5.41) is 13.2. The van der Waals surface area contributed by atoms with Crippen molar-refractivity contribution in [1.82, 2.24) is 0 Å². The molecule has 30 heteroatoms. The molecule has 0 aromatic rings. The van der Waals surface area contributed by atoms with Crippen LogP contribution in [0.25, 0.3) is 0 Å². The van der Waals surface area contributed by atoms with Gasteiger partial charge >= 0.3 is 0 Å². The highest BCUT2D eigenvalue weighted by atomic mass is 80.0. The minimum absolute atomic E-state index is 0.892. The Labute approximate surface area is 498 Å². The third-order valence-corrected chi connectivity index (χ3v) is 65.2. The van der Waals surface area contributed by atoms with Gasteiger partial charge in [0.2, 0.25) is 3.42 Å². The van der Waals surface area contributed by atoms with Crippen molar-refractivity contribution < 1.29 is 5.11 Å². The molecule has 0 aliphatic rings. The van der Waals surface area contributed by atoms with Crippen molar-refractivity contribution in [2.45, 2.75) is 44.4 Å². The first-order valence-corrected chi connectivity index (χ1v) is 31.9. The van der Waals surface area contributed by atoms with E-state index in [1.54, 1.807) is 0 Å². The second-order valence-electron chi connectivity index (χ2n) is 7.91. The summed E-state index contributed by atoms with van der Waals surface area (Å²) in [7, 11) is 0. The molecule has 0 saturated carbocycles. The predicted molar refractivity (Wildman–Crippen MR) is 298 cm³/mol. The monoisotopic (exact) mass is 2470 g/mol. The fraction of sp³-hybridized carbons (Fsp3) is 1.00. The molecule has 44 heavy (non-hydrogen) atoms. The van der Waals surface area contributed by atoms with Crippen molar-refractivity contribution in [2.24, 2.45) is 0 Å². The molecule has 0 rings (SSSR count). The zero-order chi connectivity index (χ0) is 37.0. The average molecular weight is 2500 g/mol. The van der Waals surface area contributed by atoms with Crippen LogP contribution in [0.15, 0.2) is 0 Å². The summed E-state index contributed by atoms with van der Waals surface area (Å²) in [6, 6.07) is 0. The summed E-state index contributed by atoms with van der Waals surface area (Å²) < 4.78 is -18.0. The molecule has 265 valence electrons. The van der Waals surface area contributed by atoms with Crippen LogP contribution < -0.4 is 0 Å². The van der Waals surface area contributed by atoms with Crippen molar-refractivity contribution in [3.63, 3.8) is 0 Å². The van der Waals surface area contributed by atoms with Crippen LogP contribution >= 0.6 is 462 Å². The zero-order valence-corrected chi connectivity index (χ0v) is 64.4. The largest absolute Gasteiger partial charge is 0.239 e. The smallest absolute Gasteiger partial charge is 0.202 e. The summed E-state index contributed by atoms with van der Waals surface area (Å²) in [4.78, 5) is 0. The minimum atomic E-state index is -1.94. The molecule has 0 aromatic heterocycles. The van der Waals surface area contributed by atoms with E-state index in [4.69, 9.17) is 0 Å². The van der Waals surface area contributed by atoms with E-state index in [9.17, 15) is 5.11 Å². The molecule has 0 N–H and O–H groups in total. The van der Waals surface area contributed by atoms with Crippen LogP contribution in [0.4, 0.5) is 0 Å². The number of alkyl halides is 29. The van der Waals surface area contributed by atoms with Gasteiger partial charge in [0.15, 0.2) is 5.38 Å². The van der Waals surface area contributed by atoms with Crippen molar-refractivity contribution in [1.29, 1.82) is 0 Å². The molecule has 0 unspecified atom stereocenters. The number of rotatable bonds is 12. The summed E-state index contributed by atoms with van der Waals surface area (Å²) in [5.41, 5.74) is 0. The highest BCUT2D eigenvalue weighted by Gasteiger charge is 2.82. The van der Waals surface area contributed by atoms with Gasteiger partial charge in [0.25, 0.3) is 0 Å². The van der Waals surface area contributed by atoms with E-state index in [2.05, 4.69) is 462 Å². The van der Waals surface area contributed by atoms with Gasteiger partial charge in [-0.15, -0.1) is 0 Å². The summed E-state index contributed by atoms with van der Waals surface area (Å²) in [5.74, 6) is 0. The predicted octanol–water partition coefficient (Wildman–Crippen LogP) is 21.5. The Bertz CT molecular complexity index is 969. The van der Waals surface area contributed by atoms with E-state index < -0.39 is 44.4 Å². The molecule has 1 nitrogen and oxygen atoms in total. The first kappa shape index (κ1) is 57.9. The molecule has 0 heterocycles. The zero-order valence-electron chi connectivity index (χ0n) is 18.4. The van der Waals surface area contributed by atoms with Crippen LogP contribution in [-0.2, 0) is 5.11 Å². The van der Waals surface area contributed by atoms with E-state index in [1.165, 1.54) is 0 Å². The highest BCUT2D eigenvalue weighted by molar-refractivity contribution is 9.42. The standard InChI is InChI=1S/C14Br29O/c15-1(16,3(19,20)5(23,24)7(27,28)9(31,32)11(35,36)13(39,40)41)2(17,18)4(21,22)6(25,26)8(29,30)10(33,34)12(37,38)14(42,43)44. The van der Waals surface area contributed by atoms with Crippen LogP contribution in [0.5, 0.6) is 0 Å². The van der Waals surface area contributed by atoms with E-state index >= 15 is 0 Å². The first-order valence-electron chi connectivity index (χ1n) is 8.93. The molecule has 0 saturated heterocycles. The van der Waals surface area contributed by atoms with Crippen LogP contribution in [0, 0.1) is 0 Å². The summed E-state index contributed by atoms with van der Waals surface area (Å²) >= 11 is 109. The molecule has 0 aliphatic carbocycles. The maximum absolute atomic E-state index is 13.2. The topological polar surface area (TPSA) is 19.9 Å². The number of hydrogen-bond donors (Lipinski definition) is 0. The SMILES string of the molecule is [O]C(Br)(Br)C(Br)(Br)C(Br)(Br)C(Br)(Br)C(Br)(Br)C(Br)(Br)C(Br)(Br)C(Br)(Br)C(Br)(Br)C(Br)(Br)C(Br)(Br)C(Br)(Br)C(Br)(Br)C(Br)(Br)Br. The molecule has 0 amide bonds. The molecular weight excluding hydrogens is 2500 g/mol. The Hall–Kier alpha value is 13.9. The van der Waals surface area contributed by atoms with E-state index in [0.29, 0.717) is 0 Å². The third-order valence-electron chi connectivity index (χ3n) is 5.06. The lowest BCUT2D eigenvalue weighted by Gasteiger charge is -2.61.